The number of nitrogens with two attached hydrogens (primary N) is 1. The van der Waals surface area contributed by atoms with Gasteiger partial charge in [-0.3, -0.25) is 9.59 Å². The molecule has 0 fully saturated rings. The number of hydrogen-bond donors (Lipinski definition) is 1. The lowest BCUT2D eigenvalue weighted by molar-refractivity contribution is -0.118. The van der Waals surface area contributed by atoms with Gasteiger partial charge in [-0.25, -0.2) is 0 Å². The zero-order valence-corrected chi connectivity index (χ0v) is 7.49. The number of primary amides is 1. The standard InChI is InChI=1S/C9H12N2O2/c1-7-3-2-5-11(9(7)13)6-4-8(10)12/h2-3,5H,4,6H2,1H3,(H2,10,12). The first-order chi connectivity index (χ1) is 6.11. The van der Waals surface area contributed by atoms with Crippen molar-refractivity contribution in [1.82, 2.24) is 4.57 Å². The summed E-state index contributed by atoms with van der Waals surface area (Å²) in [6.07, 6.45) is 1.85. The second-order valence-electron chi connectivity index (χ2n) is 2.91. The van der Waals surface area contributed by atoms with Crippen molar-refractivity contribution in [3.8, 4) is 0 Å². The SMILES string of the molecule is Cc1cccn(CCC(N)=O)c1=O. The fourth-order valence-electron chi connectivity index (χ4n) is 1.06. The average molecular weight is 180 g/mol. The van der Waals surface area contributed by atoms with Crippen LogP contribution in [0.15, 0.2) is 23.1 Å². The summed E-state index contributed by atoms with van der Waals surface area (Å²) in [6, 6.07) is 3.51. The minimum absolute atomic E-state index is 0.0660. The smallest absolute Gasteiger partial charge is 0.253 e. The minimum Gasteiger partial charge on any atom is -0.370 e. The van der Waals surface area contributed by atoms with Crippen LogP contribution in [-0.2, 0) is 11.3 Å². The Labute approximate surface area is 76.0 Å². The third-order valence-corrected chi connectivity index (χ3v) is 1.81. The van der Waals surface area contributed by atoms with E-state index in [4.69, 9.17) is 5.73 Å². The first kappa shape index (κ1) is 9.51. The maximum Gasteiger partial charge on any atom is 0.253 e. The van der Waals surface area contributed by atoms with Gasteiger partial charge in [0.2, 0.25) is 5.91 Å². The largest absolute Gasteiger partial charge is 0.370 e. The lowest BCUT2D eigenvalue weighted by atomic mass is 10.3. The Morgan fingerprint density at radius 1 is 1.62 bits per heavy atom. The van der Waals surface area contributed by atoms with Gasteiger partial charge in [-0.05, 0) is 13.0 Å². The van der Waals surface area contributed by atoms with Crippen molar-refractivity contribution in [2.75, 3.05) is 0 Å². The molecule has 0 spiro atoms. The third-order valence-electron chi connectivity index (χ3n) is 1.81. The number of aryl methyl sites for hydroxylation is 2. The molecule has 1 rings (SSSR count). The lowest BCUT2D eigenvalue weighted by Crippen LogP contribution is -2.24. The maximum atomic E-state index is 11.4. The van der Waals surface area contributed by atoms with E-state index in [0.717, 1.165) is 0 Å². The molecule has 0 aliphatic heterocycles. The predicted octanol–water partition coefficient (Wildman–Crippen LogP) is 0.0321. The molecule has 0 aromatic carbocycles. The molecule has 2 N–H and O–H groups in total. The molecular formula is C9H12N2O2. The summed E-state index contributed by atoms with van der Waals surface area (Å²) < 4.78 is 1.49. The van der Waals surface area contributed by atoms with E-state index in [1.54, 1.807) is 25.3 Å². The van der Waals surface area contributed by atoms with Gasteiger partial charge in [0, 0.05) is 24.7 Å². The Morgan fingerprint density at radius 3 is 2.92 bits per heavy atom. The molecule has 0 aliphatic carbocycles. The van der Waals surface area contributed by atoms with Crippen LogP contribution in [0.2, 0.25) is 0 Å². The van der Waals surface area contributed by atoms with Gasteiger partial charge in [-0.2, -0.15) is 0 Å². The van der Waals surface area contributed by atoms with E-state index in [0.29, 0.717) is 12.1 Å². The van der Waals surface area contributed by atoms with Crippen molar-refractivity contribution < 1.29 is 4.79 Å². The fourth-order valence-corrected chi connectivity index (χ4v) is 1.06. The van der Waals surface area contributed by atoms with Gasteiger partial charge in [-0.1, -0.05) is 6.07 Å². The van der Waals surface area contributed by atoms with Gasteiger partial charge < -0.3 is 10.3 Å². The number of carbonyl (C=O) groups is 1. The quantitative estimate of drug-likeness (QED) is 0.713. The summed E-state index contributed by atoms with van der Waals surface area (Å²) in [7, 11) is 0. The van der Waals surface area contributed by atoms with E-state index in [1.165, 1.54) is 4.57 Å². The van der Waals surface area contributed by atoms with Crippen LogP contribution in [0.4, 0.5) is 0 Å². The zero-order chi connectivity index (χ0) is 9.84. The van der Waals surface area contributed by atoms with E-state index >= 15 is 0 Å². The number of carbonyl (C=O) groups excluding carboxylic acids is 1. The predicted molar refractivity (Wildman–Crippen MR) is 49.3 cm³/mol. The van der Waals surface area contributed by atoms with Gasteiger partial charge in [0.1, 0.15) is 0 Å². The van der Waals surface area contributed by atoms with Gasteiger partial charge in [0.25, 0.3) is 5.56 Å². The second-order valence-corrected chi connectivity index (χ2v) is 2.91. The number of hydrogen-bond acceptors (Lipinski definition) is 2. The first-order valence-electron chi connectivity index (χ1n) is 4.05. The molecule has 0 saturated carbocycles. The number of pyridine rings is 1. The molecule has 1 aromatic rings. The van der Waals surface area contributed by atoms with Crippen molar-refractivity contribution >= 4 is 5.91 Å². The molecule has 0 bridgehead atoms. The Bertz CT molecular complexity index is 368. The van der Waals surface area contributed by atoms with Crippen LogP contribution in [-0.4, -0.2) is 10.5 Å². The molecule has 4 heteroatoms. The van der Waals surface area contributed by atoms with Gasteiger partial charge >= 0.3 is 0 Å². The number of nitrogens with zero attached hydrogens (tertiary/aromatic N) is 1. The highest BCUT2D eigenvalue weighted by Crippen LogP contribution is 1.90. The molecule has 0 radical (unpaired) electrons. The first-order valence-corrected chi connectivity index (χ1v) is 4.05. The van der Waals surface area contributed by atoms with Crippen LogP contribution < -0.4 is 11.3 Å². The summed E-state index contributed by atoms with van der Waals surface area (Å²) in [5.74, 6) is -0.395. The van der Waals surface area contributed by atoms with Crippen LogP contribution in [0, 0.1) is 6.92 Å². The number of rotatable bonds is 3. The monoisotopic (exact) mass is 180 g/mol. The topological polar surface area (TPSA) is 65.1 Å². The van der Waals surface area contributed by atoms with E-state index in [9.17, 15) is 9.59 Å². The normalized spacial score (nSPS) is 9.92. The van der Waals surface area contributed by atoms with Crippen molar-refractivity contribution in [2.24, 2.45) is 5.73 Å². The van der Waals surface area contributed by atoms with E-state index < -0.39 is 5.91 Å². The third kappa shape index (κ3) is 2.43. The molecule has 70 valence electrons. The van der Waals surface area contributed by atoms with Crippen molar-refractivity contribution in [3.05, 3.63) is 34.2 Å². The Hall–Kier alpha value is -1.58. The highest BCUT2D eigenvalue weighted by molar-refractivity contribution is 5.73. The van der Waals surface area contributed by atoms with E-state index in [-0.39, 0.29) is 12.0 Å². The highest BCUT2D eigenvalue weighted by atomic mass is 16.1. The maximum absolute atomic E-state index is 11.4. The summed E-state index contributed by atoms with van der Waals surface area (Å²) in [4.78, 5) is 21.9. The van der Waals surface area contributed by atoms with Crippen LogP contribution in [0.5, 0.6) is 0 Å². The molecule has 4 nitrogen and oxygen atoms in total. The number of aromatic nitrogens is 1. The number of amides is 1. The molecule has 1 amide bonds. The van der Waals surface area contributed by atoms with Gasteiger partial charge in [-0.15, -0.1) is 0 Å². The molecular weight excluding hydrogens is 168 g/mol. The highest BCUT2D eigenvalue weighted by Gasteiger charge is 1.99. The summed E-state index contributed by atoms with van der Waals surface area (Å²) >= 11 is 0. The van der Waals surface area contributed by atoms with Crippen molar-refractivity contribution in [3.63, 3.8) is 0 Å². The molecule has 1 aromatic heterocycles. The Kier molecular flexibility index (Phi) is 2.84. The summed E-state index contributed by atoms with van der Waals surface area (Å²) in [5.41, 5.74) is 5.58. The zero-order valence-electron chi connectivity index (χ0n) is 7.49. The molecule has 0 atom stereocenters. The van der Waals surface area contributed by atoms with Crippen LogP contribution in [0.3, 0.4) is 0 Å². The molecule has 1 heterocycles. The van der Waals surface area contributed by atoms with E-state index in [1.807, 2.05) is 0 Å². The van der Waals surface area contributed by atoms with Gasteiger partial charge in [0.15, 0.2) is 0 Å². The van der Waals surface area contributed by atoms with Crippen molar-refractivity contribution in [2.45, 2.75) is 19.9 Å². The molecule has 0 unspecified atom stereocenters. The van der Waals surface area contributed by atoms with Crippen LogP contribution >= 0.6 is 0 Å². The molecule has 0 saturated heterocycles. The van der Waals surface area contributed by atoms with Crippen LogP contribution in [0.25, 0.3) is 0 Å². The fraction of sp³-hybridized carbons (Fsp3) is 0.333. The minimum atomic E-state index is -0.395. The van der Waals surface area contributed by atoms with Gasteiger partial charge in [0.05, 0.1) is 0 Å². The molecule has 13 heavy (non-hydrogen) atoms. The summed E-state index contributed by atoms with van der Waals surface area (Å²) in [5, 5.41) is 0. The van der Waals surface area contributed by atoms with E-state index in [2.05, 4.69) is 0 Å². The van der Waals surface area contributed by atoms with Crippen molar-refractivity contribution in [1.29, 1.82) is 0 Å². The Morgan fingerprint density at radius 2 is 2.31 bits per heavy atom. The lowest BCUT2D eigenvalue weighted by Gasteiger charge is -2.03. The Balaban J connectivity index is 2.84. The van der Waals surface area contributed by atoms with Crippen LogP contribution in [0.1, 0.15) is 12.0 Å². The molecule has 0 aliphatic rings. The average Bonchev–Trinajstić information content (AvgIpc) is 2.07. The second kappa shape index (κ2) is 3.89. The summed E-state index contributed by atoms with van der Waals surface area (Å²) in [6.45, 7) is 2.10.